The van der Waals surface area contributed by atoms with Crippen molar-refractivity contribution in [3.63, 3.8) is 0 Å². The highest BCUT2D eigenvalue weighted by molar-refractivity contribution is 5.63. The van der Waals surface area contributed by atoms with E-state index < -0.39 is 0 Å². The third kappa shape index (κ3) is 2.45. The molecule has 3 rings (SSSR count). The zero-order chi connectivity index (χ0) is 13.1. The van der Waals surface area contributed by atoms with Gasteiger partial charge in [0, 0.05) is 17.3 Å². The van der Waals surface area contributed by atoms with E-state index in [1.807, 2.05) is 42.5 Å². The first-order valence-electron chi connectivity index (χ1n) is 6.01. The summed E-state index contributed by atoms with van der Waals surface area (Å²) in [5, 5.41) is 9.51. The molecule has 0 fully saturated rings. The summed E-state index contributed by atoms with van der Waals surface area (Å²) >= 11 is 0. The standard InChI is InChI=1S/C16H12N2O/c19-14-8-4-7-13(11-14)16-17-10-9-15(18-16)12-5-2-1-3-6-12/h1-11,19H. The van der Waals surface area contributed by atoms with Gasteiger partial charge in [-0.15, -0.1) is 0 Å². The number of aromatic hydroxyl groups is 1. The predicted molar refractivity (Wildman–Crippen MR) is 74.6 cm³/mol. The molecule has 0 amide bonds. The average molecular weight is 248 g/mol. The maximum absolute atomic E-state index is 9.51. The maximum atomic E-state index is 9.51. The Morgan fingerprint density at radius 3 is 2.37 bits per heavy atom. The lowest BCUT2D eigenvalue weighted by Crippen LogP contribution is -1.91. The van der Waals surface area contributed by atoms with Crippen LogP contribution in [0, 0.1) is 0 Å². The first-order chi connectivity index (χ1) is 9.33. The fraction of sp³-hybridized carbons (Fsp3) is 0. The first-order valence-corrected chi connectivity index (χ1v) is 6.01. The summed E-state index contributed by atoms with van der Waals surface area (Å²) in [7, 11) is 0. The Morgan fingerprint density at radius 2 is 1.58 bits per heavy atom. The van der Waals surface area contributed by atoms with Gasteiger partial charge < -0.3 is 5.11 Å². The van der Waals surface area contributed by atoms with E-state index in [1.165, 1.54) is 0 Å². The quantitative estimate of drug-likeness (QED) is 0.754. The van der Waals surface area contributed by atoms with E-state index in [2.05, 4.69) is 9.97 Å². The molecule has 1 heterocycles. The molecular weight excluding hydrogens is 236 g/mol. The van der Waals surface area contributed by atoms with Gasteiger partial charge in [-0.25, -0.2) is 9.97 Å². The molecular formula is C16H12N2O. The van der Waals surface area contributed by atoms with Crippen molar-refractivity contribution in [1.29, 1.82) is 0 Å². The van der Waals surface area contributed by atoms with Gasteiger partial charge in [0.2, 0.25) is 0 Å². The molecule has 0 spiro atoms. The number of aromatic nitrogens is 2. The van der Waals surface area contributed by atoms with E-state index in [1.54, 1.807) is 24.4 Å². The minimum absolute atomic E-state index is 0.214. The van der Waals surface area contributed by atoms with Gasteiger partial charge in [0.25, 0.3) is 0 Å². The second-order valence-corrected chi connectivity index (χ2v) is 4.18. The Bertz CT molecular complexity index is 696. The molecule has 0 unspecified atom stereocenters. The molecule has 1 aromatic heterocycles. The van der Waals surface area contributed by atoms with E-state index in [9.17, 15) is 5.11 Å². The summed E-state index contributed by atoms with van der Waals surface area (Å²) < 4.78 is 0. The van der Waals surface area contributed by atoms with E-state index in [-0.39, 0.29) is 5.75 Å². The summed E-state index contributed by atoms with van der Waals surface area (Å²) in [5.41, 5.74) is 2.72. The van der Waals surface area contributed by atoms with Crippen molar-refractivity contribution < 1.29 is 5.11 Å². The Balaban J connectivity index is 2.06. The van der Waals surface area contributed by atoms with Crippen LogP contribution in [0.25, 0.3) is 22.6 Å². The van der Waals surface area contributed by atoms with Crippen LogP contribution in [-0.2, 0) is 0 Å². The van der Waals surface area contributed by atoms with Crippen molar-refractivity contribution in [2.75, 3.05) is 0 Å². The minimum Gasteiger partial charge on any atom is -0.508 e. The molecule has 3 heteroatoms. The van der Waals surface area contributed by atoms with Crippen molar-refractivity contribution in [2.45, 2.75) is 0 Å². The topological polar surface area (TPSA) is 46.0 Å². The Hall–Kier alpha value is -2.68. The number of hydrogen-bond acceptors (Lipinski definition) is 3. The smallest absolute Gasteiger partial charge is 0.159 e. The van der Waals surface area contributed by atoms with Crippen LogP contribution < -0.4 is 0 Å². The molecule has 2 aromatic carbocycles. The molecule has 0 saturated carbocycles. The zero-order valence-corrected chi connectivity index (χ0v) is 10.2. The molecule has 0 atom stereocenters. The molecule has 1 N–H and O–H groups in total. The van der Waals surface area contributed by atoms with E-state index >= 15 is 0 Å². The van der Waals surface area contributed by atoms with Crippen LogP contribution in [0.15, 0.2) is 66.9 Å². The lowest BCUT2D eigenvalue weighted by molar-refractivity contribution is 0.475. The maximum Gasteiger partial charge on any atom is 0.159 e. The number of rotatable bonds is 2. The van der Waals surface area contributed by atoms with Crippen LogP contribution in [0.3, 0.4) is 0 Å². The third-order valence-corrected chi connectivity index (χ3v) is 2.83. The highest BCUT2D eigenvalue weighted by Crippen LogP contribution is 2.22. The molecule has 0 aliphatic rings. The fourth-order valence-corrected chi connectivity index (χ4v) is 1.91. The van der Waals surface area contributed by atoms with Gasteiger partial charge in [0.1, 0.15) is 5.75 Å². The zero-order valence-electron chi connectivity index (χ0n) is 10.2. The van der Waals surface area contributed by atoms with Gasteiger partial charge in [-0.2, -0.15) is 0 Å². The Kier molecular flexibility index (Phi) is 2.94. The third-order valence-electron chi connectivity index (χ3n) is 2.83. The lowest BCUT2D eigenvalue weighted by atomic mass is 10.1. The van der Waals surface area contributed by atoms with Crippen molar-refractivity contribution in [1.82, 2.24) is 9.97 Å². The molecule has 0 aliphatic heterocycles. The van der Waals surface area contributed by atoms with Gasteiger partial charge in [0.15, 0.2) is 5.82 Å². The summed E-state index contributed by atoms with van der Waals surface area (Å²) in [4.78, 5) is 8.79. The van der Waals surface area contributed by atoms with Crippen LogP contribution in [0.2, 0.25) is 0 Å². The lowest BCUT2D eigenvalue weighted by Gasteiger charge is -2.04. The highest BCUT2D eigenvalue weighted by Gasteiger charge is 2.04. The second-order valence-electron chi connectivity index (χ2n) is 4.18. The fourth-order valence-electron chi connectivity index (χ4n) is 1.91. The molecule has 0 radical (unpaired) electrons. The monoisotopic (exact) mass is 248 g/mol. The Morgan fingerprint density at radius 1 is 0.789 bits per heavy atom. The van der Waals surface area contributed by atoms with Crippen LogP contribution in [0.5, 0.6) is 5.75 Å². The molecule has 92 valence electrons. The van der Waals surface area contributed by atoms with Gasteiger partial charge in [0.05, 0.1) is 5.69 Å². The summed E-state index contributed by atoms with van der Waals surface area (Å²) in [6, 6.07) is 18.8. The second kappa shape index (κ2) is 4.90. The van der Waals surface area contributed by atoms with E-state index in [4.69, 9.17) is 0 Å². The summed E-state index contributed by atoms with van der Waals surface area (Å²) in [5.74, 6) is 0.823. The van der Waals surface area contributed by atoms with Gasteiger partial charge in [-0.1, -0.05) is 42.5 Å². The minimum atomic E-state index is 0.214. The van der Waals surface area contributed by atoms with Crippen LogP contribution >= 0.6 is 0 Å². The number of phenolic OH excluding ortho intramolecular Hbond substituents is 1. The van der Waals surface area contributed by atoms with Gasteiger partial charge in [-0.3, -0.25) is 0 Å². The predicted octanol–water partition coefficient (Wildman–Crippen LogP) is 3.52. The van der Waals surface area contributed by atoms with Gasteiger partial charge >= 0.3 is 0 Å². The van der Waals surface area contributed by atoms with Gasteiger partial charge in [-0.05, 0) is 18.2 Å². The first kappa shape index (κ1) is 11.4. The molecule has 0 saturated heterocycles. The SMILES string of the molecule is Oc1cccc(-c2nccc(-c3ccccc3)n2)c1. The Labute approximate surface area is 111 Å². The molecule has 0 bridgehead atoms. The average Bonchev–Trinajstić information content (AvgIpc) is 2.48. The van der Waals surface area contributed by atoms with Crippen molar-refractivity contribution in [3.05, 3.63) is 66.9 Å². The van der Waals surface area contributed by atoms with Crippen molar-refractivity contribution in [2.24, 2.45) is 0 Å². The van der Waals surface area contributed by atoms with Crippen LogP contribution in [0.4, 0.5) is 0 Å². The van der Waals surface area contributed by atoms with Crippen LogP contribution in [-0.4, -0.2) is 15.1 Å². The van der Waals surface area contributed by atoms with Crippen molar-refractivity contribution in [3.8, 4) is 28.4 Å². The largest absolute Gasteiger partial charge is 0.508 e. The molecule has 3 nitrogen and oxygen atoms in total. The van der Waals surface area contributed by atoms with Crippen molar-refractivity contribution >= 4 is 0 Å². The van der Waals surface area contributed by atoms with E-state index in [0.29, 0.717) is 5.82 Å². The molecule has 0 aliphatic carbocycles. The number of benzene rings is 2. The summed E-state index contributed by atoms with van der Waals surface area (Å²) in [6.45, 7) is 0. The van der Waals surface area contributed by atoms with E-state index in [0.717, 1.165) is 16.8 Å². The number of hydrogen-bond donors (Lipinski definition) is 1. The number of phenols is 1. The highest BCUT2D eigenvalue weighted by atomic mass is 16.3. The molecule has 3 aromatic rings. The van der Waals surface area contributed by atoms with Crippen LogP contribution in [0.1, 0.15) is 0 Å². The number of nitrogens with zero attached hydrogens (tertiary/aromatic N) is 2. The normalized spacial score (nSPS) is 10.3. The summed E-state index contributed by atoms with van der Waals surface area (Å²) in [6.07, 6.45) is 1.73. The molecule has 19 heavy (non-hydrogen) atoms.